The molecule has 0 bridgehead atoms. The van der Waals surface area contributed by atoms with Crippen molar-refractivity contribution in [3.05, 3.63) is 39.7 Å². The maximum Gasteiger partial charge on any atom is 0.305 e. The van der Waals surface area contributed by atoms with Crippen molar-refractivity contribution in [1.82, 2.24) is 4.90 Å². The summed E-state index contributed by atoms with van der Waals surface area (Å²) < 4.78 is 13.2. The number of nitro groups is 1. The molecule has 1 aliphatic heterocycles. The van der Waals surface area contributed by atoms with Crippen molar-refractivity contribution in [2.45, 2.75) is 12.8 Å². The molecule has 7 nitrogen and oxygen atoms in total. The van der Waals surface area contributed by atoms with Gasteiger partial charge in [0, 0.05) is 30.6 Å². The quantitative estimate of drug-likeness (QED) is 0.664. The lowest BCUT2D eigenvalue weighted by Gasteiger charge is -2.30. The van der Waals surface area contributed by atoms with Crippen LogP contribution < -0.4 is 5.73 Å². The number of likely N-dealkylation sites (tertiary alicyclic amines) is 1. The van der Waals surface area contributed by atoms with Crippen LogP contribution in [0.1, 0.15) is 23.2 Å². The molecule has 0 unspecified atom stereocenters. The Kier molecular flexibility index (Phi) is 4.15. The van der Waals surface area contributed by atoms with E-state index in [-0.39, 0.29) is 17.4 Å². The number of amides is 2. The highest BCUT2D eigenvalue weighted by Gasteiger charge is 2.27. The fourth-order valence-electron chi connectivity index (χ4n) is 2.34. The number of benzene rings is 1. The van der Waals surface area contributed by atoms with E-state index in [2.05, 4.69) is 0 Å². The van der Waals surface area contributed by atoms with Crippen LogP contribution in [0.4, 0.5) is 10.1 Å². The molecule has 0 saturated carbocycles. The zero-order valence-electron chi connectivity index (χ0n) is 11.1. The number of piperidine rings is 1. The number of carbonyl (C=O) groups excluding carboxylic acids is 2. The van der Waals surface area contributed by atoms with Crippen LogP contribution >= 0.6 is 0 Å². The van der Waals surface area contributed by atoms with Crippen molar-refractivity contribution >= 4 is 17.5 Å². The second-order valence-electron chi connectivity index (χ2n) is 4.89. The SMILES string of the molecule is NC(=O)C1CCN(C(=O)c2ccc(F)c([N+](=O)[O-])c2)CC1. The number of hydrogen-bond donors (Lipinski definition) is 1. The van der Waals surface area contributed by atoms with Gasteiger partial charge in [-0.25, -0.2) is 0 Å². The first kappa shape index (κ1) is 14.9. The Morgan fingerprint density at radius 1 is 1.33 bits per heavy atom. The Bertz CT molecular complexity index is 597. The van der Waals surface area contributed by atoms with Gasteiger partial charge in [-0.15, -0.1) is 0 Å². The Labute approximate surface area is 119 Å². The predicted octanol–water partition coefficient (Wildman–Crippen LogP) is 1.07. The maximum atomic E-state index is 13.2. The minimum Gasteiger partial charge on any atom is -0.369 e. The molecule has 1 aromatic carbocycles. The molecule has 2 amide bonds. The highest BCUT2D eigenvalue weighted by Crippen LogP contribution is 2.22. The lowest BCUT2D eigenvalue weighted by Crippen LogP contribution is -2.41. The Morgan fingerprint density at radius 2 is 1.95 bits per heavy atom. The normalized spacial score (nSPS) is 15.8. The molecule has 1 aromatic rings. The maximum absolute atomic E-state index is 13.2. The van der Waals surface area contributed by atoms with E-state index >= 15 is 0 Å². The molecular formula is C13H14FN3O4. The smallest absolute Gasteiger partial charge is 0.305 e. The summed E-state index contributed by atoms with van der Waals surface area (Å²) in [5, 5.41) is 10.7. The van der Waals surface area contributed by atoms with Gasteiger partial charge in [0.15, 0.2) is 0 Å². The average Bonchev–Trinajstić information content (AvgIpc) is 2.46. The van der Waals surface area contributed by atoms with Crippen LogP contribution in [0.3, 0.4) is 0 Å². The van der Waals surface area contributed by atoms with Crippen LogP contribution in [0.2, 0.25) is 0 Å². The molecule has 1 aliphatic rings. The summed E-state index contributed by atoms with van der Waals surface area (Å²) in [6, 6.07) is 3.05. The second-order valence-corrected chi connectivity index (χ2v) is 4.89. The van der Waals surface area contributed by atoms with Crippen LogP contribution in [-0.4, -0.2) is 34.7 Å². The summed E-state index contributed by atoms with van der Waals surface area (Å²) in [5.41, 5.74) is 4.54. The van der Waals surface area contributed by atoms with Gasteiger partial charge in [0.25, 0.3) is 5.91 Å². The van der Waals surface area contributed by atoms with E-state index in [1.807, 2.05) is 0 Å². The highest BCUT2D eigenvalue weighted by atomic mass is 19.1. The summed E-state index contributed by atoms with van der Waals surface area (Å²) in [5.74, 6) is -2.04. The standard InChI is InChI=1S/C13H14FN3O4/c14-10-2-1-9(7-11(10)17(20)21)13(19)16-5-3-8(4-6-16)12(15)18/h1-2,7-8H,3-6H2,(H2,15,18). The summed E-state index contributed by atoms with van der Waals surface area (Å²) in [7, 11) is 0. The van der Waals surface area contributed by atoms with E-state index < -0.39 is 22.3 Å². The summed E-state index contributed by atoms with van der Waals surface area (Å²) in [6.45, 7) is 0.690. The fraction of sp³-hybridized carbons (Fsp3) is 0.385. The van der Waals surface area contributed by atoms with Gasteiger partial charge < -0.3 is 10.6 Å². The molecule has 8 heteroatoms. The van der Waals surface area contributed by atoms with Crippen LogP contribution in [0.15, 0.2) is 18.2 Å². The van der Waals surface area contributed by atoms with E-state index in [4.69, 9.17) is 5.73 Å². The minimum atomic E-state index is -0.982. The Hall–Kier alpha value is -2.51. The molecule has 0 aliphatic carbocycles. The average molecular weight is 295 g/mol. The van der Waals surface area contributed by atoms with E-state index in [1.54, 1.807) is 0 Å². The number of nitrogens with two attached hydrogens (primary N) is 1. The number of halogens is 1. The van der Waals surface area contributed by atoms with Crippen molar-refractivity contribution in [2.24, 2.45) is 11.7 Å². The van der Waals surface area contributed by atoms with Crippen LogP contribution in [0, 0.1) is 21.8 Å². The topological polar surface area (TPSA) is 107 Å². The third-order valence-corrected chi connectivity index (χ3v) is 3.57. The van der Waals surface area contributed by atoms with Gasteiger partial charge >= 0.3 is 5.69 Å². The first-order valence-corrected chi connectivity index (χ1v) is 6.42. The molecule has 0 aromatic heterocycles. The molecule has 0 spiro atoms. The molecule has 2 rings (SSSR count). The lowest BCUT2D eigenvalue weighted by atomic mass is 9.96. The van der Waals surface area contributed by atoms with Gasteiger partial charge in [-0.1, -0.05) is 0 Å². The first-order chi connectivity index (χ1) is 9.90. The monoisotopic (exact) mass is 295 g/mol. The lowest BCUT2D eigenvalue weighted by molar-refractivity contribution is -0.387. The summed E-state index contributed by atoms with van der Waals surface area (Å²) in [4.78, 5) is 34.6. The molecule has 1 saturated heterocycles. The van der Waals surface area contributed by atoms with E-state index in [9.17, 15) is 24.1 Å². The van der Waals surface area contributed by atoms with Gasteiger partial charge in [0.2, 0.25) is 11.7 Å². The largest absolute Gasteiger partial charge is 0.369 e. The van der Waals surface area contributed by atoms with Crippen molar-refractivity contribution in [1.29, 1.82) is 0 Å². The molecule has 112 valence electrons. The third-order valence-electron chi connectivity index (χ3n) is 3.57. The second kappa shape index (κ2) is 5.86. The minimum absolute atomic E-state index is 0.0561. The molecule has 0 radical (unpaired) electrons. The van der Waals surface area contributed by atoms with Gasteiger partial charge in [-0.2, -0.15) is 4.39 Å². The van der Waals surface area contributed by atoms with Gasteiger partial charge in [-0.05, 0) is 25.0 Å². The third kappa shape index (κ3) is 3.15. The highest BCUT2D eigenvalue weighted by molar-refractivity contribution is 5.95. The number of primary amides is 1. The van der Waals surface area contributed by atoms with E-state index in [0.717, 1.165) is 12.1 Å². The van der Waals surface area contributed by atoms with Gasteiger partial charge in [0.1, 0.15) is 0 Å². The van der Waals surface area contributed by atoms with Crippen LogP contribution in [-0.2, 0) is 4.79 Å². The molecule has 0 atom stereocenters. The number of nitro benzene ring substituents is 1. The van der Waals surface area contributed by atoms with Crippen molar-refractivity contribution < 1.29 is 18.9 Å². The molecule has 21 heavy (non-hydrogen) atoms. The molecule has 1 fully saturated rings. The zero-order valence-corrected chi connectivity index (χ0v) is 11.1. The first-order valence-electron chi connectivity index (χ1n) is 6.42. The van der Waals surface area contributed by atoms with Crippen molar-refractivity contribution in [2.75, 3.05) is 13.1 Å². The van der Waals surface area contributed by atoms with Crippen LogP contribution in [0.5, 0.6) is 0 Å². The van der Waals surface area contributed by atoms with Crippen LogP contribution in [0.25, 0.3) is 0 Å². The van der Waals surface area contributed by atoms with Crippen molar-refractivity contribution in [3.8, 4) is 0 Å². The molecule has 2 N–H and O–H groups in total. The van der Waals surface area contributed by atoms with Crippen molar-refractivity contribution in [3.63, 3.8) is 0 Å². The van der Waals surface area contributed by atoms with Gasteiger partial charge in [-0.3, -0.25) is 19.7 Å². The Morgan fingerprint density at radius 3 is 2.48 bits per heavy atom. The zero-order chi connectivity index (χ0) is 15.6. The van der Waals surface area contributed by atoms with Gasteiger partial charge in [0.05, 0.1) is 4.92 Å². The number of hydrogen-bond acceptors (Lipinski definition) is 4. The Balaban J connectivity index is 2.13. The molecular weight excluding hydrogens is 281 g/mol. The number of nitrogens with zero attached hydrogens (tertiary/aromatic N) is 2. The van der Waals surface area contributed by atoms with E-state index in [0.29, 0.717) is 25.9 Å². The fourth-order valence-corrected chi connectivity index (χ4v) is 2.34. The van der Waals surface area contributed by atoms with E-state index in [1.165, 1.54) is 11.0 Å². The number of rotatable bonds is 3. The molecule has 1 heterocycles. The predicted molar refractivity (Wildman–Crippen MR) is 70.9 cm³/mol. The number of carbonyl (C=O) groups is 2. The summed E-state index contributed by atoms with van der Waals surface area (Å²) >= 11 is 0. The summed E-state index contributed by atoms with van der Waals surface area (Å²) in [6.07, 6.45) is 0.925.